The Labute approximate surface area is 106 Å². The molecule has 1 aliphatic carbocycles. The van der Waals surface area contributed by atoms with Gasteiger partial charge in [-0.1, -0.05) is 20.8 Å². The number of methoxy groups -OCH3 is 1. The molecule has 0 saturated heterocycles. The summed E-state index contributed by atoms with van der Waals surface area (Å²) < 4.78 is 5.24. The molecule has 1 saturated carbocycles. The van der Waals surface area contributed by atoms with E-state index < -0.39 is 0 Å². The minimum Gasteiger partial charge on any atom is -0.391 e. The fourth-order valence-electron chi connectivity index (χ4n) is 3.08. The molecule has 1 N–H and O–H groups in total. The number of ether oxygens (including phenoxy) is 1. The number of aliphatic hydroxyl groups excluding tert-OH is 1. The maximum atomic E-state index is 10.2. The molecule has 0 aromatic heterocycles. The van der Waals surface area contributed by atoms with E-state index in [1.165, 1.54) is 0 Å². The molecule has 1 aliphatic rings. The quantitative estimate of drug-likeness (QED) is 0.804. The van der Waals surface area contributed by atoms with Gasteiger partial charge in [0.2, 0.25) is 0 Å². The maximum absolute atomic E-state index is 10.2. The zero-order valence-electron chi connectivity index (χ0n) is 12.1. The largest absolute Gasteiger partial charge is 0.391 e. The van der Waals surface area contributed by atoms with Crippen molar-refractivity contribution in [3.8, 4) is 0 Å². The molecular weight excluding hydrogens is 214 g/mol. The molecule has 0 bridgehead atoms. The Hall–Kier alpha value is -0.120. The first-order valence-corrected chi connectivity index (χ1v) is 6.84. The van der Waals surface area contributed by atoms with Gasteiger partial charge in [-0.05, 0) is 38.1 Å². The van der Waals surface area contributed by atoms with E-state index in [1.807, 2.05) is 0 Å². The Morgan fingerprint density at radius 2 is 2.12 bits per heavy atom. The van der Waals surface area contributed by atoms with Crippen LogP contribution in [0.2, 0.25) is 0 Å². The topological polar surface area (TPSA) is 32.7 Å². The number of rotatable bonds is 5. The molecule has 17 heavy (non-hydrogen) atoms. The molecule has 0 aliphatic heterocycles. The van der Waals surface area contributed by atoms with Crippen molar-refractivity contribution < 1.29 is 9.84 Å². The van der Waals surface area contributed by atoms with Crippen molar-refractivity contribution >= 4 is 0 Å². The summed E-state index contributed by atoms with van der Waals surface area (Å²) in [6.07, 6.45) is 2.95. The van der Waals surface area contributed by atoms with Crippen LogP contribution in [0, 0.1) is 5.41 Å². The van der Waals surface area contributed by atoms with E-state index in [1.54, 1.807) is 7.11 Å². The molecule has 3 heteroatoms. The van der Waals surface area contributed by atoms with Gasteiger partial charge in [0.05, 0.1) is 12.7 Å². The Kier molecular flexibility index (Phi) is 5.42. The van der Waals surface area contributed by atoms with Gasteiger partial charge in [-0.2, -0.15) is 0 Å². The van der Waals surface area contributed by atoms with E-state index >= 15 is 0 Å². The zero-order valence-corrected chi connectivity index (χ0v) is 12.1. The van der Waals surface area contributed by atoms with Gasteiger partial charge in [-0.3, -0.25) is 4.90 Å². The highest BCUT2D eigenvalue weighted by Gasteiger charge is 2.37. The number of hydrogen-bond donors (Lipinski definition) is 1. The number of hydrogen-bond acceptors (Lipinski definition) is 3. The SMILES string of the molecule is CCN(C(C)COC)C1CC(C)(C)CCC1O. The van der Waals surface area contributed by atoms with Crippen LogP contribution in [0.4, 0.5) is 0 Å². The standard InChI is InChI=1S/C14H29NO2/c1-6-15(11(2)10-17-5)12-9-14(3,4)8-7-13(12)16/h11-13,16H,6-10H2,1-5H3. The molecule has 0 radical (unpaired) electrons. The summed E-state index contributed by atoms with van der Waals surface area (Å²) in [7, 11) is 1.74. The van der Waals surface area contributed by atoms with E-state index in [0.717, 1.165) is 32.4 Å². The Morgan fingerprint density at radius 3 is 2.65 bits per heavy atom. The number of likely N-dealkylation sites (N-methyl/N-ethyl adjacent to an activating group) is 1. The Bertz CT molecular complexity index is 230. The monoisotopic (exact) mass is 243 g/mol. The first-order chi connectivity index (χ1) is 7.91. The van der Waals surface area contributed by atoms with Crippen LogP contribution in [-0.4, -0.2) is 48.5 Å². The van der Waals surface area contributed by atoms with Gasteiger partial charge >= 0.3 is 0 Å². The normalized spacial score (nSPS) is 30.5. The van der Waals surface area contributed by atoms with E-state index in [4.69, 9.17) is 4.74 Å². The van der Waals surface area contributed by atoms with Crippen LogP contribution in [0.5, 0.6) is 0 Å². The Balaban J connectivity index is 2.71. The van der Waals surface area contributed by atoms with Crippen molar-refractivity contribution in [3.63, 3.8) is 0 Å². The van der Waals surface area contributed by atoms with E-state index in [2.05, 4.69) is 32.6 Å². The average molecular weight is 243 g/mol. The highest BCUT2D eigenvalue weighted by molar-refractivity contribution is 4.91. The first-order valence-electron chi connectivity index (χ1n) is 6.84. The van der Waals surface area contributed by atoms with Crippen LogP contribution in [0.25, 0.3) is 0 Å². The van der Waals surface area contributed by atoms with Crippen molar-refractivity contribution in [2.75, 3.05) is 20.3 Å². The zero-order chi connectivity index (χ0) is 13.1. The van der Waals surface area contributed by atoms with Crippen LogP contribution < -0.4 is 0 Å². The van der Waals surface area contributed by atoms with Crippen molar-refractivity contribution in [1.82, 2.24) is 4.90 Å². The second-order valence-corrected chi connectivity index (χ2v) is 6.18. The van der Waals surface area contributed by atoms with Gasteiger partial charge < -0.3 is 9.84 Å². The lowest BCUT2D eigenvalue weighted by molar-refractivity contribution is -0.0410. The molecule has 1 fully saturated rings. The molecular formula is C14H29NO2. The first kappa shape index (κ1) is 14.9. The van der Waals surface area contributed by atoms with Gasteiger partial charge in [-0.25, -0.2) is 0 Å². The minimum atomic E-state index is -0.178. The van der Waals surface area contributed by atoms with Crippen LogP contribution in [0.1, 0.15) is 47.0 Å². The summed E-state index contributed by atoms with van der Waals surface area (Å²) in [6, 6.07) is 0.660. The highest BCUT2D eigenvalue weighted by atomic mass is 16.5. The highest BCUT2D eigenvalue weighted by Crippen LogP contribution is 2.37. The van der Waals surface area contributed by atoms with Gasteiger partial charge in [-0.15, -0.1) is 0 Å². The van der Waals surface area contributed by atoms with Crippen LogP contribution in [0.15, 0.2) is 0 Å². The third-order valence-electron chi connectivity index (χ3n) is 4.09. The molecule has 0 aromatic carbocycles. The fraction of sp³-hybridized carbons (Fsp3) is 1.00. The van der Waals surface area contributed by atoms with Crippen molar-refractivity contribution in [1.29, 1.82) is 0 Å². The fourth-order valence-corrected chi connectivity index (χ4v) is 3.08. The summed E-state index contributed by atoms with van der Waals surface area (Å²) >= 11 is 0. The maximum Gasteiger partial charge on any atom is 0.0695 e. The average Bonchev–Trinajstić information content (AvgIpc) is 2.24. The molecule has 102 valence electrons. The molecule has 0 heterocycles. The van der Waals surface area contributed by atoms with Gasteiger partial charge in [0.15, 0.2) is 0 Å². The predicted molar refractivity (Wildman–Crippen MR) is 71.1 cm³/mol. The van der Waals surface area contributed by atoms with E-state index in [0.29, 0.717) is 11.5 Å². The third-order valence-corrected chi connectivity index (χ3v) is 4.09. The molecule has 0 amide bonds. The predicted octanol–water partition coefficient (Wildman–Crippen LogP) is 2.28. The van der Waals surface area contributed by atoms with E-state index in [-0.39, 0.29) is 12.1 Å². The number of aliphatic hydroxyl groups is 1. The molecule has 0 spiro atoms. The van der Waals surface area contributed by atoms with Gasteiger partial charge in [0.25, 0.3) is 0 Å². The van der Waals surface area contributed by atoms with Crippen molar-refractivity contribution in [3.05, 3.63) is 0 Å². The molecule has 3 atom stereocenters. The second kappa shape index (κ2) is 6.17. The lowest BCUT2D eigenvalue weighted by atomic mass is 9.73. The molecule has 3 unspecified atom stereocenters. The minimum absolute atomic E-state index is 0.178. The van der Waals surface area contributed by atoms with Crippen LogP contribution in [-0.2, 0) is 4.74 Å². The van der Waals surface area contributed by atoms with Gasteiger partial charge in [0.1, 0.15) is 0 Å². The van der Waals surface area contributed by atoms with Crippen molar-refractivity contribution in [2.24, 2.45) is 5.41 Å². The Morgan fingerprint density at radius 1 is 1.47 bits per heavy atom. The van der Waals surface area contributed by atoms with Gasteiger partial charge in [0, 0.05) is 19.2 Å². The summed E-state index contributed by atoms with van der Waals surface area (Å²) in [4.78, 5) is 2.40. The second-order valence-electron chi connectivity index (χ2n) is 6.18. The third kappa shape index (κ3) is 3.94. The smallest absolute Gasteiger partial charge is 0.0695 e. The summed E-state index contributed by atoms with van der Waals surface area (Å²) in [5, 5.41) is 10.2. The lowest BCUT2D eigenvalue weighted by Gasteiger charge is -2.45. The molecule has 0 aromatic rings. The summed E-state index contributed by atoms with van der Waals surface area (Å²) in [6.45, 7) is 10.7. The molecule has 1 rings (SSSR count). The summed E-state index contributed by atoms with van der Waals surface area (Å²) in [5.41, 5.74) is 0.351. The van der Waals surface area contributed by atoms with Crippen molar-refractivity contribution in [2.45, 2.75) is 65.1 Å². The molecule has 3 nitrogen and oxygen atoms in total. The van der Waals surface area contributed by atoms with E-state index in [9.17, 15) is 5.11 Å². The summed E-state index contributed by atoms with van der Waals surface area (Å²) in [5.74, 6) is 0. The van der Waals surface area contributed by atoms with Crippen LogP contribution >= 0.6 is 0 Å². The lowest BCUT2D eigenvalue weighted by Crippen LogP contribution is -2.53. The van der Waals surface area contributed by atoms with Crippen LogP contribution in [0.3, 0.4) is 0 Å². The number of nitrogens with zero attached hydrogens (tertiary/aromatic N) is 1.